The average Bonchev–Trinajstić information content (AvgIpc) is 2.55. The van der Waals surface area contributed by atoms with Crippen molar-refractivity contribution in [2.75, 3.05) is 20.3 Å². The van der Waals surface area contributed by atoms with Gasteiger partial charge in [0, 0.05) is 12.0 Å². The minimum absolute atomic E-state index is 0.142. The number of carbonyl (C=O) groups is 1. The summed E-state index contributed by atoms with van der Waals surface area (Å²) in [6.45, 7) is 1.37. The number of esters is 1. The van der Waals surface area contributed by atoms with E-state index in [1.54, 1.807) is 0 Å². The summed E-state index contributed by atoms with van der Waals surface area (Å²) in [7, 11) is 1.40. The Balaban J connectivity index is 1.89. The molecule has 2 rings (SSSR count). The average molecular weight is 291 g/mol. The zero-order chi connectivity index (χ0) is 15.1. The Morgan fingerprint density at radius 1 is 1.19 bits per heavy atom. The van der Waals surface area contributed by atoms with Gasteiger partial charge in [0.2, 0.25) is 0 Å². The molecule has 1 aliphatic carbocycles. The lowest BCUT2D eigenvalue weighted by molar-refractivity contribution is -0.139. The van der Waals surface area contributed by atoms with Crippen LogP contribution in [0.15, 0.2) is 24.3 Å². The molecule has 0 radical (unpaired) electrons. The molecule has 4 nitrogen and oxygen atoms in total. The number of hydrogen-bond acceptors (Lipinski definition) is 4. The lowest BCUT2D eigenvalue weighted by atomic mass is 9.75. The van der Waals surface area contributed by atoms with Gasteiger partial charge in [-0.1, -0.05) is 31.4 Å². The minimum atomic E-state index is -0.229. The van der Waals surface area contributed by atoms with Crippen LogP contribution in [0.2, 0.25) is 0 Å². The first-order valence-corrected chi connectivity index (χ1v) is 7.66. The topological polar surface area (TPSA) is 61.5 Å². The fraction of sp³-hybridized carbons (Fsp3) is 0.588. The van der Waals surface area contributed by atoms with Crippen LogP contribution in [0.1, 0.15) is 37.7 Å². The summed E-state index contributed by atoms with van der Waals surface area (Å²) in [5, 5.41) is 0. The second kappa shape index (κ2) is 7.46. The molecule has 0 aliphatic heterocycles. The number of ether oxygens (including phenoxy) is 2. The summed E-state index contributed by atoms with van der Waals surface area (Å²) in [5.74, 6) is 0.606. The van der Waals surface area contributed by atoms with Gasteiger partial charge in [-0.3, -0.25) is 4.79 Å². The molecule has 0 unspecified atom stereocenters. The van der Waals surface area contributed by atoms with Gasteiger partial charge in [0.1, 0.15) is 5.75 Å². The van der Waals surface area contributed by atoms with Crippen molar-refractivity contribution >= 4 is 5.97 Å². The van der Waals surface area contributed by atoms with E-state index in [0.29, 0.717) is 19.6 Å². The molecule has 4 heteroatoms. The van der Waals surface area contributed by atoms with Crippen LogP contribution >= 0.6 is 0 Å². The molecule has 0 atom stereocenters. The molecule has 21 heavy (non-hydrogen) atoms. The maximum atomic E-state index is 11.2. The lowest BCUT2D eigenvalue weighted by Crippen LogP contribution is -2.38. The Bertz CT molecular complexity index is 450. The second-order valence-corrected chi connectivity index (χ2v) is 5.95. The van der Waals surface area contributed by atoms with Gasteiger partial charge in [-0.2, -0.15) is 0 Å². The zero-order valence-corrected chi connectivity index (χ0v) is 12.8. The maximum absolute atomic E-state index is 11.2. The van der Waals surface area contributed by atoms with Gasteiger partial charge in [-0.25, -0.2) is 0 Å². The first-order valence-electron chi connectivity index (χ1n) is 7.66. The molecule has 1 aromatic carbocycles. The molecule has 1 saturated carbocycles. The number of methoxy groups -OCH3 is 1. The van der Waals surface area contributed by atoms with Gasteiger partial charge in [0.15, 0.2) is 0 Å². The standard InChI is InChI=1S/C17H25NO3/c1-20-16(19)11-14-5-7-15(8-6-14)21-13-17(12-18)9-3-2-4-10-17/h5-8H,2-4,9-13,18H2,1H3. The normalized spacial score (nSPS) is 17.2. The highest BCUT2D eigenvalue weighted by molar-refractivity contribution is 5.72. The molecular weight excluding hydrogens is 266 g/mol. The van der Waals surface area contributed by atoms with E-state index < -0.39 is 0 Å². The fourth-order valence-corrected chi connectivity index (χ4v) is 2.89. The third-order valence-electron chi connectivity index (χ3n) is 4.39. The van der Waals surface area contributed by atoms with E-state index in [9.17, 15) is 4.79 Å². The van der Waals surface area contributed by atoms with E-state index in [1.165, 1.54) is 26.4 Å². The van der Waals surface area contributed by atoms with Crippen LogP contribution in [0.4, 0.5) is 0 Å². The van der Waals surface area contributed by atoms with E-state index in [2.05, 4.69) is 4.74 Å². The Kier molecular flexibility index (Phi) is 5.62. The van der Waals surface area contributed by atoms with Crippen molar-refractivity contribution in [3.63, 3.8) is 0 Å². The molecule has 2 N–H and O–H groups in total. The summed E-state index contributed by atoms with van der Waals surface area (Å²) in [5.41, 5.74) is 7.04. The third kappa shape index (κ3) is 4.46. The molecule has 0 bridgehead atoms. The molecule has 1 fully saturated rings. The molecule has 0 amide bonds. The van der Waals surface area contributed by atoms with E-state index in [0.717, 1.165) is 24.2 Å². The predicted octanol–water partition coefficient (Wildman–Crippen LogP) is 2.69. The maximum Gasteiger partial charge on any atom is 0.309 e. The van der Waals surface area contributed by atoms with Crippen LogP contribution in [0.3, 0.4) is 0 Å². The van der Waals surface area contributed by atoms with Crippen LogP contribution in [0, 0.1) is 5.41 Å². The molecule has 116 valence electrons. The summed E-state index contributed by atoms with van der Waals surface area (Å²) < 4.78 is 10.6. The first-order chi connectivity index (χ1) is 10.2. The van der Waals surface area contributed by atoms with Crippen molar-refractivity contribution in [3.8, 4) is 5.75 Å². The zero-order valence-electron chi connectivity index (χ0n) is 12.8. The van der Waals surface area contributed by atoms with E-state index in [1.807, 2.05) is 24.3 Å². The predicted molar refractivity (Wildman–Crippen MR) is 82.2 cm³/mol. The van der Waals surface area contributed by atoms with Crippen LogP contribution in [-0.2, 0) is 16.0 Å². The van der Waals surface area contributed by atoms with Crippen molar-refractivity contribution in [1.29, 1.82) is 0 Å². The van der Waals surface area contributed by atoms with E-state index in [-0.39, 0.29) is 11.4 Å². The summed E-state index contributed by atoms with van der Waals surface area (Å²) in [6.07, 6.45) is 6.42. The molecule has 0 heterocycles. The largest absolute Gasteiger partial charge is 0.493 e. The quantitative estimate of drug-likeness (QED) is 0.819. The fourth-order valence-electron chi connectivity index (χ4n) is 2.89. The van der Waals surface area contributed by atoms with Gasteiger partial charge in [-0.05, 0) is 30.5 Å². The van der Waals surface area contributed by atoms with Crippen molar-refractivity contribution in [1.82, 2.24) is 0 Å². The Labute approximate surface area is 126 Å². The molecule has 0 aromatic heterocycles. The molecule has 0 spiro atoms. The van der Waals surface area contributed by atoms with Crippen molar-refractivity contribution < 1.29 is 14.3 Å². The van der Waals surface area contributed by atoms with Gasteiger partial charge >= 0.3 is 5.97 Å². The number of carbonyl (C=O) groups excluding carboxylic acids is 1. The van der Waals surface area contributed by atoms with Crippen LogP contribution < -0.4 is 10.5 Å². The highest BCUT2D eigenvalue weighted by Gasteiger charge is 2.31. The van der Waals surface area contributed by atoms with E-state index in [4.69, 9.17) is 10.5 Å². The highest BCUT2D eigenvalue weighted by atomic mass is 16.5. The Morgan fingerprint density at radius 2 is 1.86 bits per heavy atom. The van der Waals surface area contributed by atoms with Gasteiger partial charge in [-0.15, -0.1) is 0 Å². The van der Waals surface area contributed by atoms with Crippen molar-refractivity contribution in [2.24, 2.45) is 11.1 Å². The summed E-state index contributed by atoms with van der Waals surface area (Å²) in [6, 6.07) is 7.63. The highest BCUT2D eigenvalue weighted by Crippen LogP contribution is 2.35. The van der Waals surface area contributed by atoms with Crippen LogP contribution in [0.5, 0.6) is 5.75 Å². The number of hydrogen-bond donors (Lipinski definition) is 1. The SMILES string of the molecule is COC(=O)Cc1ccc(OCC2(CN)CCCCC2)cc1. The Morgan fingerprint density at radius 3 is 2.43 bits per heavy atom. The molecule has 1 aliphatic rings. The van der Waals surface area contributed by atoms with Crippen LogP contribution in [-0.4, -0.2) is 26.2 Å². The summed E-state index contributed by atoms with van der Waals surface area (Å²) in [4.78, 5) is 11.2. The number of rotatable bonds is 6. The van der Waals surface area contributed by atoms with Gasteiger partial charge < -0.3 is 15.2 Å². The second-order valence-electron chi connectivity index (χ2n) is 5.95. The number of benzene rings is 1. The summed E-state index contributed by atoms with van der Waals surface area (Å²) >= 11 is 0. The molecular formula is C17H25NO3. The number of nitrogens with two attached hydrogens (primary N) is 1. The van der Waals surface area contributed by atoms with Crippen molar-refractivity contribution in [3.05, 3.63) is 29.8 Å². The smallest absolute Gasteiger partial charge is 0.309 e. The third-order valence-corrected chi connectivity index (χ3v) is 4.39. The molecule has 1 aromatic rings. The molecule has 0 saturated heterocycles. The van der Waals surface area contributed by atoms with Crippen LogP contribution in [0.25, 0.3) is 0 Å². The lowest BCUT2D eigenvalue weighted by Gasteiger charge is -2.35. The van der Waals surface area contributed by atoms with Gasteiger partial charge in [0.25, 0.3) is 0 Å². The Hall–Kier alpha value is -1.55. The monoisotopic (exact) mass is 291 g/mol. The van der Waals surface area contributed by atoms with E-state index >= 15 is 0 Å². The minimum Gasteiger partial charge on any atom is -0.493 e. The van der Waals surface area contributed by atoms with Crippen molar-refractivity contribution in [2.45, 2.75) is 38.5 Å². The van der Waals surface area contributed by atoms with Gasteiger partial charge in [0.05, 0.1) is 20.1 Å². The first kappa shape index (κ1) is 15.8.